The average molecular weight is 240 g/mol. The molecule has 0 saturated heterocycles. The van der Waals surface area contributed by atoms with Crippen molar-refractivity contribution in [1.29, 1.82) is 5.26 Å². The molecule has 1 aromatic carbocycles. The highest BCUT2D eigenvalue weighted by atomic mass is 16.1. The van der Waals surface area contributed by atoms with E-state index in [-0.39, 0.29) is 5.91 Å². The van der Waals surface area contributed by atoms with Gasteiger partial charge >= 0.3 is 0 Å². The van der Waals surface area contributed by atoms with Gasteiger partial charge in [0, 0.05) is 30.9 Å². The first-order valence-corrected chi connectivity index (χ1v) is 5.56. The fourth-order valence-electron chi connectivity index (χ4n) is 1.56. The van der Waals surface area contributed by atoms with E-state index >= 15 is 0 Å². The van der Waals surface area contributed by atoms with Crippen LogP contribution in [0.5, 0.6) is 0 Å². The zero-order valence-corrected chi connectivity index (χ0v) is 9.68. The number of benzene rings is 1. The Morgan fingerprint density at radius 1 is 1.50 bits per heavy atom. The third kappa shape index (κ3) is 2.95. The Balaban J connectivity index is 1.89. The number of amides is 1. The van der Waals surface area contributed by atoms with Crippen molar-refractivity contribution >= 4 is 5.91 Å². The zero-order chi connectivity index (χ0) is 12.8. The molecule has 0 unspecified atom stereocenters. The number of carbonyl (C=O) groups is 1. The highest BCUT2D eigenvalue weighted by molar-refractivity contribution is 5.94. The lowest BCUT2D eigenvalue weighted by Crippen LogP contribution is -2.25. The van der Waals surface area contributed by atoms with Crippen molar-refractivity contribution < 1.29 is 4.79 Å². The number of rotatable bonds is 4. The van der Waals surface area contributed by atoms with Crippen molar-refractivity contribution in [2.45, 2.75) is 6.42 Å². The number of nitriles is 1. The summed E-state index contributed by atoms with van der Waals surface area (Å²) in [7, 11) is 0. The first kappa shape index (κ1) is 11.9. The molecule has 1 heterocycles. The van der Waals surface area contributed by atoms with E-state index in [1.165, 1.54) is 0 Å². The summed E-state index contributed by atoms with van der Waals surface area (Å²) in [5, 5.41) is 11.5. The summed E-state index contributed by atoms with van der Waals surface area (Å²) in [4.78, 5) is 18.8. The van der Waals surface area contributed by atoms with Crippen LogP contribution in [0, 0.1) is 11.3 Å². The summed E-state index contributed by atoms with van der Waals surface area (Å²) in [6.45, 7) is 0.503. The summed E-state index contributed by atoms with van der Waals surface area (Å²) in [6, 6.07) is 8.62. The fourth-order valence-corrected chi connectivity index (χ4v) is 1.56. The Morgan fingerprint density at radius 3 is 3.11 bits per heavy atom. The van der Waals surface area contributed by atoms with Crippen molar-refractivity contribution in [1.82, 2.24) is 15.3 Å². The van der Waals surface area contributed by atoms with Crippen LogP contribution in [0.4, 0.5) is 0 Å². The zero-order valence-electron chi connectivity index (χ0n) is 9.68. The van der Waals surface area contributed by atoms with Crippen LogP contribution in [-0.2, 0) is 6.42 Å². The molecule has 90 valence electrons. The van der Waals surface area contributed by atoms with E-state index in [0.717, 1.165) is 5.82 Å². The van der Waals surface area contributed by atoms with Gasteiger partial charge in [-0.2, -0.15) is 5.26 Å². The lowest BCUT2D eigenvalue weighted by atomic mass is 10.1. The molecule has 1 aromatic heterocycles. The molecule has 0 saturated carbocycles. The van der Waals surface area contributed by atoms with E-state index in [2.05, 4.69) is 15.3 Å². The van der Waals surface area contributed by atoms with E-state index in [1.807, 2.05) is 6.07 Å². The number of hydrogen-bond donors (Lipinski definition) is 2. The van der Waals surface area contributed by atoms with Crippen LogP contribution < -0.4 is 5.32 Å². The normalized spacial score (nSPS) is 9.72. The van der Waals surface area contributed by atoms with Gasteiger partial charge in [0.05, 0.1) is 11.6 Å². The van der Waals surface area contributed by atoms with Gasteiger partial charge in [-0.15, -0.1) is 0 Å². The highest BCUT2D eigenvalue weighted by Gasteiger charge is 2.05. The first-order chi connectivity index (χ1) is 8.79. The van der Waals surface area contributed by atoms with Gasteiger partial charge in [-0.25, -0.2) is 4.98 Å². The molecular formula is C13H12N4O. The van der Waals surface area contributed by atoms with Crippen LogP contribution in [0.2, 0.25) is 0 Å². The van der Waals surface area contributed by atoms with Crippen LogP contribution in [0.3, 0.4) is 0 Å². The molecule has 1 amide bonds. The Morgan fingerprint density at radius 2 is 2.39 bits per heavy atom. The Kier molecular flexibility index (Phi) is 3.72. The van der Waals surface area contributed by atoms with Crippen LogP contribution in [-0.4, -0.2) is 22.4 Å². The summed E-state index contributed by atoms with van der Waals surface area (Å²) in [6.07, 6.45) is 4.07. The van der Waals surface area contributed by atoms with Crippen molar-refractivity contribution in [3.05, 3.63) is 53.6 Å². The van der Waals surface area contributed by atoms with Crippen LogP contribution in [0.25, 0.3) is 0 Å². The molecule has 2 rings (SSSR count). The minimum absolute atomic E-state index is 0.182. The van der Waals surface area contributed by atoms with Gasteiger partial charge in [-0.1, -0.05) is 6.07 Å². The van der Waals surface area contributed by atoms with Crippen LogP contribution >= 0.6 is 0 Å². The Hall–Kier alpha value is -2.61. The van der Waals surface area contributed by atoms with Gasteiger partial charge in [0.2, 0.25) is 0 Å². The van der Waals surface area contributed by atoms with Crippen molar-refractivity contribution in [2.24, 2.45) is 0 Å². The molecule has 0 aliphatic rings. The SMILES string of the molecule is N#Cc1cccc(C(=O)NCCc2ncc[nH]2)c1. The van der Waals surface area contributed by atoms with Crippen molar-refractivity contribution in [2.75, 3.05) is 6.54 Å². The van der Waals surface area contributed by atoms with E-state index < -0.39 is 0 Å². The second kappa shape index (κ2) is 5.64. The maximum absolute atomic E-state index is 11.8. The van der Waals surface area contributed by atoms with Crippen molar-refractivity contribution in [3.63, 3.8) is 0 Å². The van der Waals surface area contributed by atoms with E-state index in [1.54, 1.807) is 36.7 Å². The molecular weight excluding hydrogens is 228 g/mol. The maximum atomic E-state index is 11.8. The van der Waals surface area contributed by atoms with Crippen LogP contribution in [0.1, 0.15) is 21.7 Å². The second-order valence-electron chi connectivity index (χ2n) is 3.73. The second-order valence-corrected chi connectivity index (χ2v) is 3.73. The summed E-state index contributed by atoms with van der Waals surface area (Å²) >= 11 is 0. The molecule has 2 N–H and O–H groups in total. The molecule has 2 aromatic rings. The molecule has 0 radical (unpaired) electrons. The number of imidazole rings is 1. The number of nitrogens with one attached hydrogen (secondary N) is 2. The van der Waals surface area contributed by atoms with E-state index in [4.69, 9.17) is 5.26 Å². The molecule has 0 aliphatic heterocycles. The highest BCUT2D eigenvalue weighted by Crippen LogP contribution is 2.03. The van der Waals surface area contributed by atoms with Gasteiger partial charge in [0.15, 0.2) is 0 Å². The van der Waals surface area contributed by atoms with Gasteiger partial charge in [-0.3, -0.25) is 4.79 Å². The predicted molar refractivity (Wildman–Crippen MR) is 65.8 cm³/mol. The standard InChI is InChI=1S/C13H12N4O/c14-9-10-2-1-3-11(8-10)13(18)17-5-4-12-15-6-7-16-12/h1-3,6-8H,4-5H2,(H,15,16)(H,17,18). The van der Waals surface area contributed by atoms with Gasteiger partial charge in [-0.05, 0) is 18.2 Å². The van der Waals surface area contributed by atoms with E-state index in [0.29, 0.717) is 24.1 Å². The molecule has 0 bridgehead atoms. The third-order valence-corrected chi connectivity index (χ3v) is 2.46. The topological polar surface area (TPSA) is 81.6 Å². The third-order valence-electron chi connectivity index (χ3n) is 2.46. The lowest BCUT2D eigenvalue weighted by molar-refractivity contribution is 0.0954. The molecule has 0 atom stereocenters. The monoisotopic (exact) mass is 240 g/mol. The quantitative estimate of drug-likeness (QED) is 0.843. The first-order valence-electron chi connectivity index (χ1n) is 5.56. The largest absolute Gasteiger partial charge is 0.352 e. The minimum Gasteiger partial charge on any atom is -0.352 e. The van der Waals surface area contributed by atoms with Crippen LogP contribution in [0.15, 0.2) is 36.7 Å². The number of aromatic nitrogens is 2. The van der Waals surface area contributed by atoms with Gasteiger partial charge < -0.3 is 10.3 Å². The average Bonchev–Trinajstić information content (AvgIpc) is 2.92. The van der Waals surface area contributed by atoms with Gasteiger partial charge in [0.25, 0.3) is 5.91 Å². The number of hydrogen-bond acceptors (Lipinski definition) is 3. The molecule has 0 aliphatic carbocycles. The number of carbonyl (C=O) groups excluding carboxylic acids is 1. The van der Waals surface area contributed by atoms with Crippen molar-refractivity contribution in [3.8, 4) is 6.07 Å². The smallest absolute Gasteiger partial charge is 0.251 e. The lowest BCUT2D eigenvalue weighted by Gasteiger charge is -2.04. The molecule has 18 heavy (non-hydrogen) atoms. The molecule has 0 spiro atoms. The van der Waals surface area contributed by atoms with Gasteiger partial charge in [0.1, 0.15) is 5.82 Å². The fraction of sp³-hybridized carbons (Fsp3) is 0.154. The summed E-state index contributed by atoms with van der Waals surface area (Å²) < 4.78 is 0. The summed E-state index contributed by atoms with van der Waals surface area (Å²) in [5.74, 6) is 0.653. The molecule has 5 nitrogen and oxygen atoms in total. The maximum Gasteiger partial charge on any atom is 0.251 e. The number of nitrogens with zero attached hydrogens (tertiary/aromatic N) is 2. The minimum atomic E-state index is -0.182. The molecule has 5 heteroatoms. The summed E-state index contributed by atoms with van der Waals surface area (Å²) in [5.41, 5.74) is 0.974. The number of H-pyrrole nitrogens is 1. The molecule has 0 fully saturated rings. The Labute approximate surface area is 104 Å². The van der Waals surface area contributed by atoms with E-state index in [9.17, 15) is 4.79 Å². The Bertz CT molecular complexity index is 569. The predicted octanol–water partition coefficient (Wildman–Crippen LogP) is 1.25. The number of aromatic amines is 1.